The fraction of sp³-hybridized carbons (Fsp3) is 0.467. The highest BCUT2D eigenvalue weighted by atomic mass is 16.5. The molecule has 1 amide bonds. The van der Waals surface area contributed by atoms with E-state index in [0.29, 0.717) is 12.2 Å². The van der Waals surface area contributed by atoms with Gasteiger partial charge in [-0.3, -0.25) is 9.59 Å². The van der Waals surface area contributed by atoms with Crippen molar-refractivity contribution in [2.75, 3.05) is 6.54 Å². The van der Waals surface area contributed by atoms with Crippen molar-refractivity contribution >= 4 is 11.9 Å². The molecule has 128 valence electrons. The molecular formula is C15H19N5O4. The fourth-order valence-corrected chi connectivity index (χ4v) is 2.08. The van der Waals surface area contributed by atoms with Gasteiger partial charge in [0.25, 0.3) is 0 Å². The largest absolute Gasteiger partial charge is 0.480 e. The lowest BCUT2D eigenvalue weighted by Gasteiger charge is -2.26. The van der Waals surface area contributed by atoms with E-state index in [9.17, 15) is 9.59 Å². The van der Waals surface area contributed by atoms with Crippen LogP contribution in [0.1, 0.15) is 32.6 Å². The molecule has 2 heterocycles. The number of amides is 1. The Morgan fingerprint density at radius 2 is 2.00 bits per heavy atom. The summed E-state index contributed by atoms with van der Waals surface area (Å²) in [4.78, 5) is 36.7. The predicted molar refractivity (Wildman–Crippen MR) is 82.7 cm³/mol. The first-order chi connectivity index (χ1) is 11.5. The van der Waals surface area contributed by atoms with Crippen molar-refractivity contribution in [1.29, 1.82) is 0 Å². The Kier molecular flexibility index (Phi) is 5.94. The topological polar surface area (TPSA) is 122 Å². The van der Waals surface area contributed by atoms with Crippen LogP contribution in [0.25, 0.3) is 11.6 Å². The van der Waals surface area contributed by atoms with Crippen LogP contribution in [0.2, 0.25) is 0 Å². The first-order valence-corrected chi connectivity index (χ1v) is 7.62. The van der Waals surface area contributed by atoms with Gasteiger partial charge in [0.05, 0.1) is 0 Å². The molecule has 0 saturated carbocycles. The minimum Gasteiger partial charge on any atom is -0.480 e. The number of aromatic nitrogens is 4. The number of rotatable bonds is 8. The Morgan fingerprint density at radius 3 is 2.62 bits per heavy atom. The van der Waals surface area contributed by atoms with Gasteiger partial charge >= 0.3 is 5.97 Å². The molecule has 2 aromatic heterocycles. The fourth-order valence-electron chi connectivity index (χ4n) is 2.08. The maximum absolute atomic E-state index is 12.3. The first kappa shape index (κ1) is 17.5. The Morgan fingerprint density at radius 1 is 1.29 bits per heavy atom. The van der Waals surface area contributed by atoms with E-state index in [4.69, 9.17) is 9.63 Å². The summed E-state index contributed by atoms with van der Waals surface area (Å²) in [6.45, 7) is 3.40. The smallest absolute Gasteiger partial charge is 0.323 e. The molecule has 1 atom stereocenters. The van der Waals surface area contributed by atoms with Crippen molar-refractivity contribution in [2.45, 2.75) is 39.2 Å². The summed E-state index contributed by atoms with van der Waals surface area (Å²) in [5, 5.41) is 12.7. The number of carboxylic acids is 1. The summed E-state index contributed by atoms with van der Waals surface area (Å²) < 4.78 is 5.09. The highest BCUT2D eigenvalue weighted by molar-refractivity contribution is 5.81. The van der Waals surface area contributed by atoms with Gasteiger partial charge in [-0.05, 0) is 19.4 Å². The van der Waals surface area contributed by atoms with Crippen molar-refractivity contribution in [3.05, 3.63) is 24.4 Å². The molecule has 1 N–H and O–H groups in total. The zero-order valence-electron chi connectivity index (χ0n) is 13.5. The van der Waals surface area contributed by atoms with Crippen LogP contribution >= 0.6 is 0 Å². The van der Waals surface area contributed by atoms with E-state index in [1.54, 1.807) is 18.5 Å². The summed E-state index contributed by atoms with van der Waals surface area (Å²) >= 11 is 0. The summed E-state index contributed by atoms with van der Waals surface area (Å²) in [5.74, 6) is -0.425. The van der Waals surface area contributed by atoms with Crippen LogP contribution in [0, 0.1) is 0 Å². The van der Waals surface area contributed by atoms with Gasteiger partial charge in [-0.25, -0.2) is 9.97 Å². The van der Waals surface area contributed by atoms with Crippen LogP contribution in [0.15, 0.2) is 23.0 Å². The lowest BCUT2D eigenvalue weighted by molar-refractivity contribution is -0.146. The number of hydrogen-bond acceptors (Lipinski definition) is 7. The second-order valence-electron chi connectivity index (χ2n) is 5.26. The highest BCUT2D eigenvalue weighted by Gasteiger charge is 2.22. The van der Waals surface area contributed by atoms with Gasteiger partial charge in [-0.2, -0.15) is 4.98 Å². The van der Waals surface area contributed by atoms with Crippen molar-refractivity contribution in [2.24, 2.45) is 0 Å². The third-order valence-corrected chi connectivity index (χ3v) is 3.54. The molecule has 0 aromatic carbocycles. The number of carbonyl (C=O) groups excluding carboxylic acids is 1. The van der Waals surface area contributed by atoms with E-state index in [2.05, 4.69) is 20.1 Å². The van der Waals surface area contributed by atoms with Crippen molar-refractivity contribution < 1.29 is 19.2 Å². The molecule has 24 heavy (non-hydrogen) atoms. The molecule has 2 rings (SSSR count). The number of hydrogen-bond donors (Lipinski definition) is 1. The van der Waals surface area contributed by atoms with E-state index in [1.165, 1.54) is 4.90 Å². The molecule has 0 saturated heterocycles. The van der Waals surface area contributed by atoms with Crippen molar-refractivity contribution in [1.82, 2.24) is 25.0 Å². The monoisotopic (exact) mass is 333 g/mol. The molecule has 9 heteroatoms. The molecule has 0 aliphatic rings. The number of carbonyl (C=O) groups is 2. The van der Waals surface area contributed by atoms with Gasteiger partial charge in [-0.15, -0.1) is 0 Å². The van der Waals surface area contributed by atoms with Crippen molar-refractivity contribution in [3.8, 4) is 11.6 Å². The maximum Gasteiger partial charge on any atom is 0.323 e. The van der Waals surface area contributed by atoms with Crippen LogP contribution in [0.5, 0.6) is 0 Å². The number of aryl methyl sites for hydroxylation is 1. The van der Waals surface area contributed by atoms with Crippen LogP contribution in [-0.4, -0.2) is 54.6 Å². The molecule has 0 aliphatic carbocycles. The summed E-state index contributed by atoms with van der Waals surface area (Å²) in [7, 11) is 0. The summed E-state index contributed by atoms with van der Waals surface area (Å²) in [6, 6.07) is 1.53. The van der Waals surface area contributed by atoms with Gasteiger partial charge in [-0.1, -0.05) is 12.1 Å². The molecule has 0 spiro atoms. The average molecular weight is 333 g/mol. The van der Waals surface area contributed by atoms with E-state index in [1.807, 2.05) is 13.8 Å². The van der Waals surface area contributed by atoms with Crippen molar-refractivity contribution in [3.63, 3.8) is 0 Å². The quantitative estimate of drug-likeness (QED) is 0.764. The van der Waals surface area contributed by atoms with E-state index in [-0.39, 0.29) is 43.1 Å². The summed E-state index contributed by atoms with van der Waals surface area (Å²) in [5.41, 5.74) is 0. The number of aliphatic carboxylic acids is 1. The third kappa shape index (κ3) is 4.58. The molecule has 2 aromatic rings. The molecule has 9 nitrogen and oxygen atoms in total. The van der Waals surface area contributed by atoms with E-state index in [0.717, 1.165) is 0 Å². The van der Waals surface area contributed by atoms with Gasteiger partial charge in [0.2, 0.25) is 23.4 Å². The SMILES string of the molecule is CCC(C)N(CC(=O)O)C(=O)CCc1nc(-c2ncccn2)no1. The van der Waals surface area contributed by atoms with E-state index >= 15 is 0 Å². The number of nitrogens with zero attached hydrogens (tertiary/aromatic N) is 5. The summed E-state index contributed by atoms with van der Waals surface area (Å²) in [6.07, 6.45) is 4.13. The van der Waals surface area contributed by atoms with Crippen LogP contribution in [-0.2, 0) is 16.0 Å². The minimum atomic E-state index is -1.04. The molecule has 0 bridgehead atoms. The second kappa shape index (κ2) is 8.14. The Bertz CT molecular complexity index is 688. The molecule has 0 fully saturated rings. The lowest BCUT2D eigenvalue weighted by Crippen LogP contribution is -2.41. The minimum absolute atomic E-state index is 0.0922. The molecule has 0 radical (unpaired) electrons. The highest BCUT2D eigenvalue weighted by Crippen LogP contribution is 2.12. The maximum atomic E-state index is 12.3. The van der Waals surface area contributed by atoms with Gasteiger partial charge in [0.1, 0.15) is 6.54 Å². The molecule has 0 aliphatic heterocycles. The average Bonchev–Trinajstić information content (AvgIpc) is 3.06. The zero-order chi connectivity index (χ0) is 17.5. The van der Waals surface area contributed by atoms with E-state index < -0.39 is 5.97 Å². The Hall–Kier alpha value is -2.84. The normalized spacial score (nSPS) is 11.9. The van der Waals surface area contributed by atoms with Gasteiger partial charge in [0.15, 0.2) is 0 Å². The Labute approximate surface area is 138 Å². The van der Waals surface area contributed by atoms with Crippen LogP contribution in [0.3, 0.4) is 0 Å². The Balaban J connectivity index is 1.98. The lowest BCUT2D eigenvalue weighted by atomic mass is 10.2. The third-order valence-electron chi connectivity index (χ3n) is 3.54. The second-order valence-corrected chi connectivity index (χ2v) is 5.26. The first-order valence-electron chi connectivity index (χ1n) is 7.62. The zero-order valence-corrected chi connectivity index (χ0v) is 13.5. The van der Waals surface area contributed by atoms with Gasteiger partial charge in [0, 0.05) is 31.3 Å². The number of carboxylic acid groups (broad SMARTS) is 1. The standard InChI is InChI=1S/C15H19N5O4/c1-3-10(2)20(9-13(22)23)12(21)6-5-11-18-15(19-24-11)14-16-7-4-8-17-14/h4,7-8,10H,3,5-6,9H2,1-2H3,(H,22,23). The predicted octanol–water partition coefficient (Wildman–Crippen LogP) is 1.17. The molecular weight excluding hydrogens is 314 g/mol. The van der Waals surface area contributed by atoms with Crippen LogP contribution < -0.4 is 0 Å². The molecule has 1 unspecified atom stereocenters. The van der Waals surface area contributed by atoms with Crippen LogP contribution in [0.4, 0.5) is 0 Å². The van der Waals surface area contributed by atoms with Gasteiger partial charge < -0.3 is 14.5 Å².